The lowest BCUT2D eigenvalue weighted by atomic mass is 10.1. The van der Waals surface area contributed by atoms with Gasteiger partial charge in [0.2, 0.25) is 0 Å². The highest BCUT2D eigenvalue weighted by Crippen LogP contribution is 2.18. The van der Waals surface area contributed by atoms with E-state index in [9.17, 15) is 19.2 Å². The van der Waals surface area contributed by atoms with Crippen molar-refractivity contribution in [3.8, 4) is 5.75 Å². The maximum absolute atomic E-state index is 12.5. The molecule has 0 atom stereocenters. The Balaban J connectivity index is 2.08. The second-order valence-electron chi connectivity index (χ2n) is 5.20. The third-order valence-electron chi connectivity index (χ3n) is 3.34. The monoisotopic (exact) mass is 362 g/mol. The average molecular weight is 362 g/mol. The van der Waals surface area contributed by atoms with Gasteiger partial charge in [-0.25, -0.2) is 9.69 Å². The number of imide groups is 2. The molecule has 4 amide bonds. The highest BCUT2D eigenvalue weighted by Gasteiger charge is 2.35. The van der Waals surface area contributed by atoms with Gasteiger partial charge in [-0.05, 0) is 23.8 Å². The highest BCUT2D eigenvalue weighted by atomic mass is 16.6. The predicted octanol–water partition coefficient (Wildman–Crippen LogP) is 0.694. The van der Waals surface area contributed by atoms with E-state index in [0.29, 0.717) is 11.3 Å². The van der Waals surface area contributed by atoms with E-state index in [-0.39, 0.29) is 25.5 Å². The van der Waals surface area contributed by atoms with E-state index in [0.717, 1.165) is 4.90 Å². The zero-order chi connectivity index (χ0) is 19.1. The topological polar surface area (TPSA) is 111 Å². The number of nitrogens with zero attached hydrogens (tertiary/aromatic N) is 1. The van der Waals surface area contributed by atoms with Crippen molar-refractivity contribution >= 4 is 29.9 Å². The van der Waals surface area contributed by atoms with E-state index in [1.807, 2.05) is 0 Å². The lowest BCUT2D eigenvalue weighted by Crippen LogP contribution is -2.54. The van der Waals surface area contributed by atoms with Crippen molar-refractivity contribution < 1.29 is 33.4 Å². The summed E-state index contributed by atoms with van der Waals surface area (Å²) in [6, 6.07) is 5.88. The number of barbiturate groups is 1. The zero-order valence-electron chi connectivity index (χ0n) is 14.3. The number of benzene rings is 1. The molecule has 1 aliphatic heterocycles. The molecule has 0 unspecified atom stereocenters. The van der Waals surface area contributed by atoms with Crippen LogP contribution >= 0.6 is 0 Å². The largest absolute Gasteiger partial charge is 0.497 e. The zero-order valence-corrected chi connectivity index (χ0v) is 14.3. The summed E-state index contributed by atoms with van der Waals surface area (Å²) < 4.78 is 14.9. The van der Waals surface area contributed by atoms with Crippen LogP contribution < -0.4 is 10.1 Å². The van der Waals surface area contributed by atoms with Gasteiger partial charge >= 0.3 is 12.0 Å². The molecule has 0 aliphatic carbocycles. The van der Waals surface area contributed by atoms with Crippen molar-refractivity contribution in [1.82, 2.24) is 10.2 Å². The summed E-state index contributed by atoms with van der Waals surface area (Å²) in [4.78, 5) is 47.7. The van der Waals surface area contributed by atoms with Crippen LogP contribution in [0.15, 0.2) is 29.8 Å². The summed E-state index contributed by atoms with van der Waals surface area (Å²) >= 11 is 0. The Hall–Kier alpha value is -3.20. The molecule has 1 aliphatic rings. The van der Waals surface area contributed by atoms with Crippen molar-refractivity contribution in [2.45, 2.75) is 6.92 Å². The molecule has 1 saturated heterocycles. The molecule has 1 heterocycles. The SMILES string of the molecule is COc1cccc(/C=C2/C(=O)NC(=O)N(COCCOC(C)=O)C2=O)c1. The number of urea groups is 1. The molecule has 0 aromatic heterocycles. The van der Waals surface area contributed by atoms with Crippen molar-refractivity contribution in [3.05, 3.63) is 35.4 Å². The first-order chi connectivity index (χ1) is 12.4. The number of carbonyl (C=O) groups is 4. The van der Waals surface area contributed by atoms with E-state index >= 15 is 0 Å². The van der Waals surface area contributed by atoms with Crippen LogP contribution in [0.3, 0.4) is 0 Å². The minimum Gasteiger partial charge on any atom is -0.497 e. The molecular weight excluding hydrogens is 344 g/mol. The highest BCUT2D eigenvalue weighted by molar-refractivity contribution is 6.30. The number of rotatable bonds is 7. The van der Waals surface area contributed by atoms with E-state index in [2.05, 4.69) is 10.1 Å². The molecule has 2 rings (SSSR count). The molecule has 0 saturated carbocycles. The maximum atomic E-state index is 12.5. The fraction of sp³-hybridized carbons (Fsp3) is 0.294. The molecule has 1 aromatic carbocycles. The summed E-state index contributed by atoms with van der Waals surface area (Å²) in [7, 11) is 1.50. The molecule has 138 valence electrons. The van der Waals surface area contributed by atoms with Crippen molar-refractivity contribution in [2.24, 2.45) is 0 Å². The number of nitrogens with one attached hydrogen (secondary N) is 1. The molecule has 26 heavy (non-hydrogen) atoms. The van der Waals surface area contributed by atoms with Crippen LogP contribution in [0.2, 0.25) is 0 Å². The Labute approximate surface area is 149 Å². The standard InChI is InChI=1S/C17H18N2O7/c1-11(20)26-7-6-25-10-19-16(22)14(15(21)18-17(19)23)9-12-4-3-5-13(8-12)24-2/h3-5,8-9H,6-7,10H2,1-2H3,(H,18,21,23)/b14-9-. The third kappa shape index (κ3) is 4.90. The van der Waals surface area contributed by atoms with Gasteiger partial charge in [-0.3, -0.25) is 19.7 Å². The molecule has 0 spiro atoms. The van der Waals surface area contributed by atoms with Gasteiger partial charge < -0.3 is 14.2 Å². The van der Waals surface area contributed by atoms with Crippen molar-refractivity contribution in [3.63, 3.8) is 0 Å². The third-order valence-corrected chi connectivity index (χ3v) is 3.34. The summed E-state index contributed by atoms with van der Waals surface area (Å²) in [6.07, 6.45) is 1.36. The predicted molar refractivity (Wildman–Crippen MR) is 88.8 cm³/mol. The molecule has 1 fully saturated rings. The smallest absolute Gasteiger partial charge is 0.333 e. The fourth-order valence-corrected chi connectivity index (χ4v) is 2.11. The number of carbonyl (C=O) groups excluding carboxylic acids is 4. The number of hydrogen-bond acceptors (Lipinski definition) is 7. The minimum atomic E-state index is -0.879. The summed E-state index contributed by atoms with van der Waals surface area (Å²) in [6.45, 7) is 0.863. The first-order valence-corrected chi connectivity index (χ1v) is 7.66. The second kappa shape index (κ2) is 8.77. The number of hydrogen-bond donors (Lipinski definition) is 1. The Morgan fingerprint density at radius 3 is 2.69 bits per heavy atom. The maximum Gasteiger partial charge on any atom is 0.333 e. The summed E-state index contributed by atoms with van der Waals surface area (Å²) in [5.74, 6) is -1.48. The van der Waals surface area contributed by atoms with Gasteiger partial charge in [0.25, 0.3) is 11.8 Å². The number of methoxy groups -OCH3 is 1. The molecule has 0 bridgehead atoms. The van der Waals surface area contributed by atoms with Gasteiger partial charge in [-0.15, -0.1) is 0 Å². The first kappa shape index (κ1) is 19.1. The van der Waals surface area contributed by atoms with Gasteiger partial charge in [0, 0.05) is 6.92 Å². The van der Waals surface area contributed by atoms with Crippen LogP contribution in [-0.4, -0.2) is 55.8 Å². The van der Waals surface area contributed by atoms with Crippen molar-refractivity contribution in [2.75, 3.05) is 27.1 Å². The van der Waals surface area contributed by atoms with Gasteiger partial charge in [0.1, 0.15) is 24.7 Å². The Morgan fingerprint density at radius 2 is 2.00 bits per heavy atom. The number of esters is 1. The second-order valence-corrected chi connectivity index (χ2v) is 5.20. The summed E-state index contributed by atoms with van der Waals surface area (Å²) in [5.41, 5.74) is 0.356. The lowest BCUT2D eigenvalue weighted by Gasteiger charge is -2.26. The van der Waals surface area contributed by atoms with Crippen LogP contribution in [0.4, 0.5) is 4.79 Å². The fourth-order valence-electron chi connectivity index (χ4n) is 2.11. The van der Waals surface area contributed by atoms with Crippen LogP contribution in [0.1, 0.15) is 12.5 Å². The Bertz CT molecular complexity index is 757. The van der Waals surface area contributed by atoms with Gasteiger partial charge in [-0.1, -0.05) is 12.1 Å². The van der Waals surface area contributed by atoms with Gasteiger partial charge in [-0.2, -0.15) is 0 Å². The van der Waals surface area contributed by atoms with Gasteiger partial charge in [0.05, 0.1) is 13.7 Å². The van der Waals surface area contributed by atoms with Crippen molar-refractivity contribution in [1.29, 1.82) is 0 Å². The molecule has 9 nitrogen and oxygen atoms in total. The van der Waals surface area contributed by atoms with Crippen LogP contribution in [0.5, 0.6) is 5.75 Å². The van der Waals surface area contributed by atoms with Crippen LogP contribution in [0, 0.1) is 0 Å². The van der Waals surface area contributed by atoms with E-state index < -0.39 is 23.8 Å². The number of amides is 4. The molecular formula is C17H18N2O7. The Morgan fingerprint density at radius 1 is 1.23 bits per heavy atom. The average Bonchev–Trinajstić information content (AvgIpc) is 2.60. The van der Waals surface area contributed by atoms with Crippen LogP contribution in [-0.2, 0) is 23.9 Å². The summed E-state index contributed by atoms with van der Waals surface area (Å²) in [5, 5.41) is 2.08. The van der Waals surface area contributed by atoms with E-state index in [4.69, 9.17) is 9.47 Å². The Kier molecular flexibility index (Phi) is 6.45. The minimum absolute atomic E-state index is 0.000478. The molecule has 1 aromatic rings. The molecule has 0 radical (unpaired) electrons. The van der Waals surface area contributed by atoms with E-state index in [1.54, 1.807) is 24.3 Å². The first-order valence-electron chi connectivity index (χ1n) is 7.66. The quantitative estimate of drug-likeness (QED) is 0.329. The number of ether oxygens (including phenoxy) is 3. The lowest BCUT2D eigenvalue weighted by molar-refractivity contribution is -0.144. The molecule has 9 heteroatoms. The van der Waals surface area contributed by atoms with Crippen LogP contribution in [0.25, 0.3) is 6.08 Å². The molecule has 1 N–H and O–H groups in total. The van der Waals surface area contributed by atoms with E-state index in [1.165, 1.54) is 20.1 Å². The normalized spacial score (nSPS) is 15.8. The van der Waals surface area contributed by atoms with Gasteiger partial charge in [0.15, 0.2) is 0 Å².